The first kappa shape index (κ1) is 34.1. The van der Waals surface area contributed by atoms with Crippen molar-refractivity contribution in [2.45, 2.75) is 83.9 Å². The number of alkyl halides is 3. The maximum Gasteiger partial charge on any atom is 0.434 e. The lowest BCUT2D eigenvalue weighted by molar-refractivity contribution is -0.141. The highest BCUT2D eigenvalue weighted by atomic mass is 28.3. The number of nitrogens with zero attached hydrogens (tertiary/aromatic N) is 7. The first-order valence-electron chi connectivity index (χ1n) is 16.3. The third-order valence-corrected chi connectivity index (χ3v) is 9.76. The van der Waals surface area contributed by atoms with Gasteiger partial charge in [-0.3, -0.25) is 9.58 Å². The van der Waals surface area contributed by atoms with Crippen LogP contribution in [0.5, 0.6) is 0 Å². The second-order valence-electron chi connectivity index (χ2n) is 14.9. The summed E-state index contributed by atoms with van der Waals surface area (Å²) in [6.45, 7) is 18.6. The molecule has 3 aliphatic heterocycles. The summed E-state index contributed by atoms with van der Waals surface area (Å²) in [5.41, 5.74) is 4.55. The molecule has 0 saturated carbocycles. The molecule has 0 unspecified atom stereocenters. The number of rotatable bonds is 4. The molecule has 0 spiro atoms. The van der Waals surface area contributed by atoms with Crippen LogP contribution in [0.4, 0.5) is 29.5 Å². The van der Waals surface area contributed by atoms with Crippen molar-refractivity contribution in [2.75, 3.05) is 62.2 Å². The van der Waals surface area contributed by atoms with Gasteiger partial charge < -0.3 is 19.4 Å². The monoisotopic (exact) mass is 659 g/mol. The number of hydrogen-bond donors (Lipinski definition) is 0. The Balaban J connectivity index is 1.36. The van der Waals surface area contributed by atoms with E-state index in [1.165, 1.54) is 5.69 Å². The molecular formula is C33H48F3N7O2Si. The van der Waals surface area contributed by atoms with Crippen molar-refractivity contribution >= 4 is 25.7 Å². The molecule has 1 amide bonds. The summed E-state index contributed by atoms with van der Waals surface area (Å²) >= 11 is 0. The Bertz CT molecular complexity index is 1460. The van der Waals surface area contributed by atoms with E-state index in [4.69, 9.17) is 4.74 Å². The third kappa shape index (κ3) is 7.82. The highest BCUT2D eigenvalue weighted by Gasteiger charge is 2.41. The SMILES string of the molecule is Cc1cnn(C)c1C1CCN(c2cc(N3CC(N4CCN(C(=O)OC(C)(C)C)CC4)C3)c(C#C[Si](C)(C)C)c(C(F)(F)F)n2)CC1. The minimum absolute atomic E-state index is 0.0211. The number of amides is 1. The Kier molecular flexibility index (Phi) is 9.45. The first-order chi connectivity index (χ1) is 21.4. The molecule has 0 N–H and O–H groups in total. The zero-order valence-corrected chi connectivity index (χ0v) is 29.5. The minimum Gasteiger partial charge on any atom is -0.444 e. The minimum atomic E-state index is -4.64. The van der Waals surface area contributed by atoms with Crippen LogP contribution in [0.15, 0.2) is 12.3 Å². The lowest BCUT2D eigenvalue weighted by Gasteiger charge is -2.49. The number of piperazine rings is 1. The molecule has 5 rings (SSSR count). The zero-order valence-electron chi connectivity index (χ0n) is 28.5. The fourth-order valence-corrected chi connectivity index (χ4v) is 7.01. The molecule has 3 fully saturated rings. The van der Waals surface area contributed by atoms with E-state index in [9.17, 15) is 18.0 Å². The number of aromatic nitrogens is 3. The molecule has 9 nitrogen and oxygen atoms in total. The highest BCUT2D eigenvalue weighted by molar-refractivity contribution is 6.83. The van der Waals surface area contributed by atoms with Gasteiger partial charge in [-0.05, 0) is 46.1 Å². The van der Waals surface area contributed by atoms with Crippen LogP contribution in [0.1, 0.15) is 62.0 Å². The lowest BCUT2D eigenvalue weighted by Crippen LogP contribution is -2.64. The standard InChI is InChI=1S/C33H48F3N7O2Si/c1-23-20-37-39(5)29(23)24-9-12-41(13-10-24)28-19-27(26(11-18-46(6,7)8)30(38-28)33(34,35)36)43-21-25(22-43)40-14-16-42(17-15-40)31(44)45-32(2,3)4/h19-20,24-25H,9-10,12-17,21-22H2,1-8H3. The Labute approximate surface area is 272 Å². The second kappa shape index (κ2) is 12.8. The molecule has 0 aliphatic carbocycles. The Morgan fingerprint density at radius 3 is 2.15 bits per heavy atom. The molecule has 13 heteroatoms. The van der Waals surface area contributed by atoms with Crippen LogP contribution >= 0.6 is 0 Å². The van der Waals surface area contributed by atoms with Crippen LogP contribution in [0.3, 0.4) is 0 Å². The average molecular weight is 660 g/mol. The molecular weight excluding hydrogens is 611 g/mol. The van der Waals surface area contributed by atoms with E-state index in [0.717, 1.165) is 18.4 Å². The summed E-state index contributed by atoms with van der Waals surface area (Å²) in [5, 5.41) is 4.39. The van der Waals surface area contributed by atoms with Crippen LogP contribution in [0.25, 0.3) is 0 Å². The van der Waals surface area contributed by atoms with Gasteiger partial charge in [-0.25, -0.2) is 9.78 Å². The lowest BCUT2D eigenvalue weighted by atomic mass is 9.91. The van der Waals surface area contributed by atoms with Crippen molar-refractivity contribution in [3.8, 4) is 11.5 Å². The summed E-state index contributed by atoms with van der Waals surface area (Å²) in [5.74, 6) is 3.63. The first-order valence-corrected chi connectivity index (χ1v) is 19.8. The summed E-state index contributed by atoms with van der Waals surface area (Å²) < 4.78 is 51.5. The summed E-state index contributed by atoms with van der Waals surface area (Å²) in [7, 11) is -0.0315. The summed E-state index contributed by atoms with van der Waals surface area (Å²) in [6.07, 6.45) is -1.45. The van der Waals surface area contributed by atoms with Gasteiger partial charge in [0.15, 0.2) is 5.69 Å². The predicted octanol–water partition coefficient (Wildman–Crippen LogP) is 5.50. The molecule has 3 saturated heterocycles. The maximum absolute atomic E-state index is 14.7. The van der Waals surface area contributed by atoms with Crippen LogP contribution < -0.4 is 9.80 Å². The van der Waals surface area contributed by atoms with E-state index >= 15 is 0 Å². The fourth-order valence-electron chi connectivity index (χ4n) is 6.51. The smallest absolute Gasteiger partial charge is 0.434 e. The van der Waals surface area contributed by atoms with Crippen molar-refractivity contribution in [1.82, 2.24) is 24.6 Å². The van der Waals surface area contributed by atoms with Gasteiger partial charge in [-0.2, -0.15) is 18.3 Å². The van der Waals surface area contributed by atoms with E-state index < -0.39 is 25.5 Å². The molecule has 0 bridgehead atoms. The fraction of sp³-hybridized carbons (Fsp3) is 0.667. The van der Waals surface area contributed by atoms with Gasteiger partial charge in [0.25, 0.3) is 0 Å². The number of ether oxygens (including phenoxy) is 1. The largest absolute Gasteiger partial charge is 0.444 e. The van der Waals surface area contributed by atoms with E-state index in [1.807, 2.05) is 74.2 Å². The van der Waals surface area contributed by atoms with Crippen LogP contribution in [-0.2, 0) is 18.0 Å². The number of hydrogen-bond acceptors (Lipinski definition) is 7. The van der Waals surface area contributed by atoms with E-state index in [1.54, 1.807) is 4.90 Å². The number of halogens is 3. The highest BCUT2D eigenvalue weighted by Crippen LogP contribution is 2.40. The number of anilines is 2. The van der Waals surface area contributed by atoms with Crippen molar-refractivity contribution in [2.24, 2.45) is 7.05 Å². The molecule has 46 heavy (non-hydrogen) atoms. The van der Waals surface area contributed by atoms with Crippen LogP contribution in [-0.4, -0.2) is 103 Å². The number of piperidine rings is 1. The normalized spacial score (nSPS) is 19.2. The number of aryl methyl sites for hydroxylation is 2. The number of carbonyl (C=O) groups excluding carboxylic acids is 1. The van der Waals surface area contributed by atoms with E-state index in [0.29, 0.717) is 69.8 Å². The molecule has 0 aromatic carbocycles. The van der Waals surface area contributed by atoms with Crippen molar-refractivity contribution in [3.63, 3.8) is 0 Å². The number of carbonyl (C=O) groups is 1. The van der Waals surface area contributed by atoms with Gasteiger partial charge in [0.2, 0.25) is 0 Å². The van der Waals surface area contributed by atoms with Gasteiger partial charge in [0.05, 0.1) is 17.4 Å². The summed E-state index contributed by atoms with van der Waals surface area (Å²) in [6, 6.07) is 2.01. The van der Waals surface area contributed by atoms with Gasteiger partial charge >= 0.3 is 12.3 Å². The Hall–Kier alpha value is -3.24. The maximum atomic E-state index is 14.7. The Morgan fingerprint density at radius 1 is 1.00 bits per heavy atom. The van der Waals surface area contributed by atoms with Crippen molar-refractivity contribution < 1.29 is 22.7 Å². The third-order valence-electron chi connectivity index (χ3n) is 8.88. The summed E-state index contributed by atoms with van der Waals surface area (Å²) in [4.78, 5) is 24.8. The van der Waals surface area contributed by atoms with Gasteiger partial charge in [-0.1, -0.05) is 25.6 Å². The van der Waals surface area contributed by atoms with Gasteiger partial charge in [-0.15, -0.1) is 5.54 Å². The van der Waals surface area contributed by atoms with E-state index in [2.05, 4.69) is 33.4 Å². The van der Waals surface area contributed by atoms with Gasteiger partial charge in [0, 0.05) is 83.1 Å². The number of pyridine rings is 1. The molecule has 0 atom stereocenters. The predicted molar refractivity (Wildman–Crippen MR) is 177 cm³/mol. The van der Waals surface area contributed by atoms with Crippen molar-refractivity contribution in [3.05, 3.63) is 34.8 Å². The quantitative estimate of drug-likeness (QED) is 0.318. The molecule has 5 heterocycles. The molecule has 0 radical (unpaired) electrons. The van der Waals surface area contributed by atoms with Crippen molar-refractivity contribution in [1.29, 1.82) is 0 Å². The second-order valence-corrected chi connectivity index (χ2v) is 19.6. The topological polar surface area (TPSA) is 70.0 Å². The molecule has 3 aliphatic rings. The van der Waals surface area contributed by atoms with Gasteiger partial charge in [0.1, 0.15) is 19.5 Å². The molecule has 252 valence electrons. The van der Waals surface area contributed by atoms with Crippen LogP contribution in [0, 0.1) is 18.4 Å². The zero-order chi connectivity index (χ0) is 33.6. The Morgan fingerprint density at radius 2 is 1.63 bits per heavy atom. The molecule has 2 aromatic heterocycles. The van der Waals surface area contributed by atoms with Crippen LogP contribution in [0.2, 0.25) is 19.6 Å². The average Bonchev–Trinajstić information content (AvgIpc) is 3.27. The van der Waals surface area contributed by atoms with E-state index in [-0.39, 0.29) is 17.7 Å². The molecule has 2 aromatic rings.